The number of aromatic carboxylic acids is 1. The van der Waals surface area contributed by atoms with Crippen molar-refractivity contribution in [3.05, 3.63) is 29.6 Å². The van der Waals surface area contributed by atoms with Gasteiger partial charge in [-0.25, -0.2) is 9.18 Å². The molecule has 0 unspecified atom stereocenters. The Labute approximate surface area is 111 Å². The molecular weight excluding hydrogens is 245 g/mol. The number of hydrogen-bond donors (Lipinski definition) is 2. The molecule has 0 spiro atoms. The number of rotatable bonds is 6. The van der Waals surface area contributed by atoms with Crippen LogP contribution < -0.4 is 5.32 Å². The summed E-state index contributed by atoms with van der Waals surface area (Å²) in [4.78, 5) is 11.1. The van der Waals surface area contributed by atoms with Crippen molar-refractivity contribution < 1.29 is 14.3 Å². The standard InChI is InChI=1S/C15H18FNO2/c16-13-3-1-2-11(15(18)19)14(13)17-8-12(9-4-5-9)10-6-7-10/h1-3,9-10,12,17H,4-8H2,(H,18,19). The van der Waals surface area contributed by atoms with Gasteiger partial charge >= 0.3 is 5.97 Å². The molecule has 3 rings (SSSR count). The zero-order valence-corrected chi connectivity index (χ0v) is 10.7. The van der Waals surface area contributed by atoms with Gasteiger partial charge in [0.2, 0.25) is 0 Å². The average Bonchev–Trinajstić information content (AvgIpc) is 3.25. The van der Waals surface area contributed by atoms with Crippen molar-refractivity contribution in [1.29, 1.82) is 0 Å². The van der Waals surface area contributed by atoms with Crippen molar-refractivity contribution in [3.8, 4) is 0 Å². The van der Waals surface area contributed by atoms with E-state index in [2.05, 4.69) is 5.32 Å². The van der Waals surface area contributed by atoms with Gasteiger partial charge in [0.15, 0.2) is 0 Å². The van der Waals surface area contributed by atoms with Crippen molar-refractivity contribution in [2.45, 2.75) is 25.7 Å². The number of anilines is 1. The second-order valence-electron chi connectivity index (χ2n) is 5.69. The molecule has 0 heterocycles. The molecule has 0 saturated heterocycles. The van der Waals surface area contributed by atoms with Gasteiger partial charge in [-0.2, -0.15) is 0 Å². The highest BCUT2D eigenvalue weighted by Gasteiger charge is 2.41. The monoisotopic (exact) mass is 263 g/mol. The molecule has 2 fully saturated rings. The highest BCUT2D eigenvalue weighted by atomic mass is 19.1. The molecule has 0 aromatic heterocycles. The minimum absolute atomic E-state index is 0.0188. The predicted octanol–water partition coefficient (Wildman–Crippen LogP) is 3.37. The van der Waals surface area contributed by atoms with E-state index in [0.29, 0.717) is 12.5 Å². The van der Waals surface area contributed by atoms with Crippen LogP contribution in [0.25, 0.3) is 0 Å². The second kappa shape index (κ2) is 4.83. The second-order valence-corrected chi connectivity index (χ2v) is 5.69. The van der Waals surface area contributed by atoms with Gasteiger partial charge in [-0.05, 0) is 55.6 Å². The Balaban J connectivity index is 1.73. The van der Waals surface area contributed by atoms with E-state index >= 15 is 0 Å². The predicted molar refractivity (Wildman–Crippen MR) is 70.8 cm³/mol. The van der Waals surface area contributed by atoms with Crippen LogP contribution in [0.4, 0.5) is 10.1 Å². The van der Waals surface area contributed by atoms with Gasteiger partial charge in [-0.3, -0.25) is 0 Å². The smallest absolute Gasteiger partial charge is 0.337 e. The minimum atomic E-state index is -1.09. The summed E-state index contributed by atoms with van der Waals surface area (Å²) in [6.07, 6.45) is 5.08. The van der Waals surface area contributed by atoms with Crippen molar-refractivity contribution in [1.82, 2.24) is 0 Å². The molecule has 3 nitrogen and oxygen atoms in total. The van der Waals surface area contributed by atoms with E-state index in [0.717, 1.165) is 11.8 Å². The molecule has 2 aliphatic carbocycles. The van der Waals surface area contributed by atoms with E-state index < -0.39 is 11.8 Å². The molecule has 0 atom stereocenters. The van der Waals surface area contributed by atoms with Crippen LogP contribution in [0, 0.1) is 23.6 Å². The summed E-state index contributed by atoms with van der Waals surface area (Å²) in [6, 6.07) is 4.18. The maximum absolute atomic E-state index is 13.8. The first-order chi connectivity index (χ1) is 9.16. The number of carboxylic acid groups (broad SMARTS) is 1. The van der Waals surface area contributed by atoms with Crippen LogP contribution in [-0.4, -0.2) is 17.6 Å². The molecular formula is C15H18FNO2. The van der Waals surface area contributed by atoms with Crippen LogP contribution in [0.1, 0.15) is 36.0 Å². The lowest BCUT2D eigenvalue weighted by atomic mass is 9.97. The van der Waals surface area contributed by atoms with E-state index in [1.165, 1.54) is 43.9 Å². The first-order valence-corrected chi connectivity index (χ1v) is 6.92. The molecule has 4 heteroatoms. The number of benzene rings is 1. The molecule has 2 saturated carbocycles. The normalized spacial score (nSPS) is 18.6. The van der Waals surface area contributed by atoms with Crippen LogP contribution >= 0.6 is 0 Å². The fraction of sp³-hybridized carbons (Fsp3) is 0.533. The molecule has 102 valence electrons. The number of halogens is 1. The van der Waals surface area contributed by atoms with Crippen molar-refractivity contribution in [3.63, 3.8) is 0 Å². The van der Waals surface area contributed by atoms with Gasteiger partial charge in [0.25, 0.3) is 0 Å². The van der Waals surface area contributed by atoms with E-state index in [1.54, 1.807) is 0 Å². The number of carbonyl (C=O) groups is 1. The van der Waals surface area contributed by atoms with Gasteiger partial charge in [-0.1, -0.05) is 6.07 Å². The Hall–Kier alpha value is -1.58. The molecule has 0 radical (unpaired) electrons. The lowest BCUT2D eigenvalue weighted by Gasteiger charge is -2.18. The summed E-state index contributed by atoms with van der Waals surface area (Å²) in [5.74, 6) is 0.544. The van der Waals surface area contributed by atoms with Crippen LogP contribution in [-0.2, 0) is 0 Å². The van der Waals surface area contributed by atoms with Crippen molar-refractivity contribution in [2.75, 3.05) is 11.9 Å². The van der Waals surface area contributed by atoms with Crippen LogP contribution in [0.5, 0.6) is 0 Å². The summed E-state index contributed by atoms with van der Waals surface area (Å²) >= 11 is 0. The highest BCUT2D eigenvalue weighted by Crippen LogP contribution is 2.49. The molecule has 0 bridgehead atoms. The Kier molecular flexibility index (Phi) is 3.17. The van der Waals surface area contributed by atoms with Gasteiger partial charge in [-0.15, -0.1) is 0 Å². The van der Waals surface area contributed by atoms with E-state index in [-0.39, 0.29) is 11.3 Å². The first-order valence-electron chi connectivity index (χ1n) is 6.92. The van der Waals surface area contributed by atoms with Gasteiger partial charge in [0.1, 0.15) is 5.82 Å². The average molecular weight is 263 g/mol. The Morgan fingerprint density at radius 3 is 2.47 bits per heavy atom. The highest BCUT2D eigenvalue weighted by molar-refractivity contribution is 5.94. The number of nitrogens with one attached hydrogen (secondary N) is 1. The molecule has 0 amide bonds. The third kappa shape index (κ3) is 2.72. The molecule has 2 aliphatic rings. The fourth-order valence-corrected chi connectivity index (χ4v) is 2.87. The SMILES string of the molecule is O=C(O)c1cccc(F)c1NCC(C1CC1)C1CC1. The zero-order valence-electron chi connectivity index (χ0n) is 10.7. The lowest BCUT2D eigenvalue weighted by Crippen LogP contribution is -2.20. The number of para-hydroxylation sites is 1. The van der Waals surface area contributed by atoms with E-state index in [9.17, 15) is 9.18 Å². The maximum atomic E-state index is 13.8. The van der Waals surface area contributed by atoms with Crippen molar-refractivity contribution in [2.24, 2.45) is 17.8 Å². The summed E-state index contributed by atoms with van der Waals surface area (Å²) in [5, 5.41) is 12.1. The lowest BCUT2D eigenvalue weighted by molar-refractivity contribution is 0.0697. The number of hydrogen-bond acceptors (Lipinski definition) is 2. The fourth-order valence-electron chi connectivity index (χ4n) is 2.87. The van der Waals surface area contributed by atoms with Crippen LogP contribution in [0.15, 0.2) is 18.2 Å². The van der Waals surface area contributed by atoms with Crippen LogP contribution in [0.3, 0.4) is 0 Å². The molecule has 19 heavy (non-hydrogen) atoms. The van der Waals surface area contributed by atoms with E-state index in [1.807, 2.05) is 0 Å². The Morgan fingerprint density at radius 2 is 1.95 bits per heavy atom. The Bertz CT molecular complexity index is 483. The van der Waals surface area contributed by atoms with Crippen LogP contribution in [0.2, 0.25) is 0 Å². The first kappa shape index (κ1) is 12.5. The Morgan fingerprint density at radius 1 is 1.32 bits per heavy atom. The molecule has 1 aromatic rings. The molecule has 0 aliphatic heterocycles. The van der Waals surface area contributed by atoms with Crippen molar-refractivity contribution >= 4 is 11.7 Å². The summed E-state index contributed by atoms with van der Waals surface area (Å²) in [6.45, 7) is 0.691. The maximum Gasteiger partial charge on any atom is 0.337 e. The largest absolute Gasteiger partial charge is 0.478 e. The van der Waals surface area contributed by atoms with Gasteiger partial charge in [0.05, 0.1) is 11.3 Å². The third-order valence-electron chi connectivity index (χ3n) is 4.21. The van der Waals surface area contributed by atoms with Gasteiger partial charge < -0.3 is 10.4 Å². The van der Waals surface area contributed by atoms with Gasteiger partial charge in [0, 0.05) is 6.54 Å². The molecule has 2 N–H and O–H groups in total. The third-order valence-corrected chi connectivity index (χ3v) is 4.21. The quantitative estimate of drug-likeness (QED) is 0.827. The summed E-state index contributed by atoms with van der Waals surface area (Å²) < 4.78 is 13.8. The summed E-state index contributed by atoms with van der Waals surface area (Å²) in [5.41, 5.74) is 0.159. The topological polar surface area (TPSA) is 49.3 Å². The number of carboxylic acids is 1. The summed E-state index contributed by atoms with van der Waals surface area (Å²) in [7, 11) is 0. The minimum Gasteiger partial charge on any atom is -0.478 e. The zero-order chi connectivity index (χ0) is 13.4. The van der Waals surface area contributed by atoms with E-state index in [4.69, 9.17) is 5.11 Å². The molecule has 1 aromatic carbocycles.